The molecule has 2 aliphatic rings. The molecule has 120 valence electrons. The Labute approximate surface area is 133 Å². The third-order valence-corrected chi connectivity index (χ3v) is 5.17. The van der Waals surface area contributed by atoms with Gasteiger partial charge in [0.15, 0.2) is 5.82 Å². The molecule has 0 aliphatic carbocycles. The van der Waals surface area contributed by atoms with Crippen molar-refractivity contribution in [2.75, 3.05) is 21.2 Å². The van der Waals surface area contributed by atoms with Crippen LogP contribution in [0.15, 0.2) is 41.7 Å². The molecule has 0 spiro atoms. The Hall–Kier alpha value is -2.52. The third kappa shape index (κ3) is 2.64. The largest absolute Gasteiger partial charge is 0.494 e. The minimum absolute atomic E-state index is 0.151. The molecular weight excluding hydrogens is 318 g/mol. The van der Waals surface area contributed by atoms with Crippen molar-refractivity contribution in [3.63, 3.8) is 0 Å². The van der Waals surface area contributed by atoms with Crippen LogP contribution in [0.5, 0.6) is 5.75 Å². The molecule has 0 bridgehead atoms. The number of methoxy groups -OCH3 is 1. The summed E-state index contributed by atoms with van der Waals surface area (Å²) in [6.45, 7) is 0. The van der Waals surface area contributed by atoms with Crippen molar-refractivity contribution < 1.29 is 13.2 Å². The highest BCUT2D eigenvalue weighted by molar-refractivity contribution is 7.89. The molecule has 0 fully saturated rings. The topological polar surface area (TPSA) is 90.2 Å². The lowest BCUT2D eigenvalue weighted by Crippen LogP contribution is -2.22. The van der Waals surface area contributed by atoms with Gasteiger partial charge in [0.2, 0.25) is 10.0 Å². The van der Waals surface area contributed by atoms with Crippen LogP contribution >= 0.6 is 0 Å². The first-order valence-electron chi connectivity index (χ1n) is 6.71. The summed E-state index contributed by atoms with van der Waals surface area (Å²) in [5.41, 5.74) is 1.29. The van der Waals surface area contributed by atoms with Crippen molar-refractivity contribution >= 4 is 10.0 Å². The number of benzene rings is 1. The number of nitrogens with zero attached hydrogens (tertiary/aromatic N) is 5. The molecule has 9 heteroatoms. The van der Waals surface area contributed by atoms with E-state index in [-0.39, 0.29) is 4.90 Å². The fourth-order valence-electron chi connectivity index (χ4n) is 2.09. The van der Waals surface area contributed by atoms with Gasteiger partial charge in [0, 0.05) is 26.4 Å². The Balaban J connectivity index is 2.12. The number of hydrogen-bond donors (Lipinski definition) is 0. The lowest BCUT2D eigenvalue weighted by Gasteiger charge is -2.15. The first-order valence-corrected chi connectivity index (χ1v) is 8.15. The second-order valence-electron chi connectivity index (χ2n) is 4.96. The van der Waals surface area contributed by atoms with Crippen LogP contribution in [0, 0.1) is 0 Å². The molecule has 8 nitrogen and oxygen atoms in total. The highest BCUT2D eigenvalue weighted by atomic mass is 32.2. The van der Waals surface area contributed by atoms with Gasteiger partial charge in [0.1, 0.15) is 23.5 Å². The molecule has 1 aromatic carbocycles. The average Bonchev–Trinajstić information content (AvgIpc) is 3.01. The van der Waals surface area contributed by atoms with Gasteiger partial charge < -0.3 is 4.74 Å². The Morgan fingerprint density at radius 3 is 2.65 bits per heavy atom. The fraction of sp³-hybridized carbons (Fsp3) is 0.214. The standard InChI is InChI=1S/C14H15N5O3S/c1-18(2)23(20,21)10-4-5-12(13(8-10)22-3)19-7-6-11-14(17-19)16-9-15-11/h4-9H,1-3H3. The SMILES string of the molecule is COc1cc(S(=O)(=O)N(C)C)ccc1-n1ccc2ncnc-2n1. The number of imidazole rings is 1. The number of fused-ring (bicyclic) bond motifs is 1. The lowest BCUT2D eigenvalue weighted by molar-refractivity contribution is 0.409. The van der Waals surface area contributed by atoms with Crippen LogP contribution in [0.3, 0.4) is 0 Å². The van der Waals surface area contributed by atoms with E-state index >= 15 is 0 Å². The van der Waals surface area contributed by atoms with Crippen LogP contribution in [-0.2, 0) is 10.0 Å². The van der Waals surface area contributed by atoms with Crippen LogP contribution in [0.25, 0.3) is 17.2 Å². The van der Waals surface area contributed by atoms with Crippen LogP contribution in [0.4, 0.5) is 0 Å². The summed E-state index contributed by atoms with van der Waals surface area (Å²) >= 11 is 0. The van der Waals surface area contributed by atoms with E-state index in [1.165, 1.54) is 39.7 Å². The summed E-state index contributed by atoms with van der Waals surface area (Å²) < 4.78 is 32.5. The van der Waals surface area contributed by atoms with Crippen molar-refractivity contribution in [3.8, 4) is 23.0 Å². The van der Waals surface area contributed by atoms with Gasteiger partial charge in [0.25, 0.3) is 0 Å². The van der Waals surface area contributed by atoms with Gasteiger partial charge in [-0.2, -0.15) is 0 Å². The van der Waals surface area contributed by atoms with Gasteiger partial charge in [-0.1, -0.05) is 0 Å². The van der Waals surface area contributed by atoms with Gasteiger partial charge in [-0.15, -0.1) is 5.10 Å². The zero-order chi connectivity index (χ0) is 16.6. The molecule has 0 saturated carbocycles. The summed E-state index contributed by atoms with van der Waals surface area (Å²) in [4.78, 5) is 8.26. The van der Waals surface area contributed by atoms with Gasteiger partial charge in [0.05, 0.1) is 12.0 Å². The summed E-state index contributed by atoms with van der Waals surface area (Å²) in [5.74, 6) is 0.892. The zero-order valence-corrected chi connectivity index (χ0v) is 13.6. The Morgan fingerprint density at radius 1 is 1.17 bits per heavy atom. The van der Waals surface area contributed by atoms with Gasteiger partial charge in [-0.25, -0.2) is 27.4 Å². The van der Waals surface area contributed by atoms with E-state index in [1.54, 1.807) is 23.0 Å². The van der Waals surface area contributed by atoms with E-state index in [9.17, 15) is 8.42 Å². The number of ether oxygens (including phenoxy) is 1. The summed E-state index contributed by atoms with van der Waals surface area (Å²) in [7, 11) is 0.906. The van der Waals surface area contributed by atoms with Gasteiger partial charge >= 0.3 is 0 Å². The van der Waals surface area contributed by atoms with Crippen molar-refractivity contribution in [2.24, 2.45) is 0 Å². The Morgan fingerprint density at radius 2 is 1.96 bits per heavy atom. The normalized spacial score (nSPS) is 12.0. The van der Waals surface area contributed by atoms with Crippen molar-refractivity contribution in [2.45, 2.75) is 4.90 Å². The molecule has 0 unspecified atom stereocenters. The van der Waals surface area contributed by atoms with Crippen LogP contribution in [0.1, 0.15) is 0 Å². The van der Waals surface area contributed by atoms with E-state index in [0.29, 0.717) is 23.0 Å². The summed E-state index contributed by atoms with van der Waals surface area (Å²) in [6.07, 6.45) is 3.15. The zero-order valence-electron chi connectivity index (χ0n) is 12.8. The van der Waals surface area contributed by atoms with Crippen molar-refractivity contribution in [1.82, 2.24) is 24.1 Å². The lowest BCUT2D eigenvalue weighted by atomic mass is 10.3. The van der Waals surface area contributed by atoms with Crippen molar-refractivity contribution in [3.05, 3.63) is 36.8 Å². The molecule has 0 atom stereocenters. The molecule has 0 N–H and O–H groups in total. The fourth-order valence-corrected chi connectivity index (χ4v) is 3.01. The van der Waals surface area contributed by atoms with E-state index in [1.807, 2.05) is 0 Å². The predicted molar refractivity (Wildman–Crippen MR) is 83.2 cm³/mol. The number of rotatable bonds is 4. The van der Waals surface area contributed by atoms with E-state index < -0.39 is 10.0 Å². The minimum atomic E-state index is -3.53. The van der Waals surface area contributed by atoms with E-state index in [0.717, 1.165) is 4.31 Å². The number of hydrogen-bond acceptors (Lipinski definition) is 6. The molecule has 0 radical (unpaired) electrons. The molecule has 0 amide bonds. The molecule has 0 saturated heterocycles. The van der Waals surface area contributed by atoms with Crippen LogP contribution < -0.4 is 4.74 Å². The second kappa shape index (κ2) is 5.60. The van der Waals surface area contributed by atoms with Crippen LogP contribution in [0.2, 0.25) is 0 Å². The first-order chi connectivity index (χ1) is 10.9. The third-order valence-electron chi connectivity index (χ3n) is 3.36. The van der Waals surface area contributed by atoms with Gasteiger partial charge in [-0.05, 0) is 18.2 Å². The molecule has 3 rings (SSSR count). The van der Waals surface area contributed by atoms with E-state index in [2.05, 4.69) is 15.1 Å². The maximum atomic E-state index is 12.2. The number of aromatic nitrogens is 4. The highest BCUT2D eigenvalue weighted by Crippen LogP contribution is 2.27. The molecular formula is C14H15N5O3S. The maximum absolute atomic E-state index is 12.2. The smallest absolute Gasteiger partial charge is 0.242 e. The molecule has 2 aliphatic heterocycles. The Bertz CT molecular complexity index is 920. The Kier molecular flexibility index (Phi) is 3.74. The molecule has 1 aromatic rings. The quantitative estimate of drug-likeness (QED) is 0.708. The van der Waals surface area contributed by atoms with Gasteiger partial charge in [-0.3, -0.25) is 0 Å². The summed E-state index contributed by atoms with van der Waals surface area (Å²) in [6, 6.07) is 6.41. The van der Waals surface area contributed by atoms with Crippen LogP contribution in [-0.4, -0.2) is 53.7 Å². The second-order valence-corrected chi connectivity index (χ2v) is 7.12. The molecule has 2 heterocycles. The highest BCUT2D eigenvalue weighted by Gasteiger charge is 2.20. The minimum Gasteiger partial charge on any atom is -0.494 e. The summed E-state index contributed by atoms with van der Waals surface area (Å²) in [5, 5.41) is 4.34. The molecule has 23 heavy (non-hydrogen) atoms. The maximum Gasteiger partial charge on any atom is 0.242 e. The van der Waals surface area contributed by atoms with E-state index in [4.69, 9.17) is 4.74 Å². The predicted octanol–water partition coefficient (Wildman–Crippen LogP) is 1.03. The molecule has 0 aromatic heterocycles. The van der Waals surface area contributed by atoms with Crippen molar-refractivity contribution in [1.29, 1.82) is 0 Å². The monoisotopic (exact) mass is 333 g/mol. The average molecular weight is 333 g/mol. The number of sulfonamides is 1. The first kappa shape index (κ1) is 15.4.